The highest BCUT2D eigenvalue weighted by Gasteiger charge is 2.14. The summed E-state index contributed by atoms with van der Waals surface area (Å²) in [6.07, 6.45) is 4.18. The van der Waals surface area contributed by atoms with Crippen LogP contribution >= 0.6 is 0 Å². The number of nitro benzene ring substituents is 1. The van der Waals surface area contributed by atoms with Gasteiger partial charge in [0.1, 0.15) is 11.4 Å². The SMILES string of the molecule is O=[N+]([O-])c1ccccc1N=Nc1cc2c(cc1O)CCCC2. The standard InChI is InChI=1S/C16H15N3O3/c20-16-10-12-6-2-1-5-11(12)9-14(16)18-17-13-7-3-4-8-15(13)19(21)22/h3-4,7-10,20H,1-2,5-6H2. The summed E-state index contributed by atoms with van der Waals surface area (Å²) in [5, 5.41) is 28.9. The van der Waals surface area contributed by atoms with E-state index in [4.69, 9.17) is 0 Å². The van der Waals surface area contributed by atoms with E-state index in [9.17, 15) is 15.2 Å². The Morgan fingerprint density at radius 1 is 1.00 bits per heavy atom. The minimum Gasteiger partial charge on any atom is -0.506 e. The summed E-state index contributed by atoms with van der Waals surface area (Å²) in [5.41, 5.74) is 2.72. The van der Waals surface area contributed by atoms with E-state index in [1.54, 1.807) is 18.2 Å². The molecule has 0 amide bonds. The number of phenolic OH excluding ortho intramolecular Hbond substituents is 1. The van der Waals surface area contributed by atoms with E-state index >= 15 is 0 Å². The van der Waals surface area contributed by atoms with E-state index in [0.717, 1.165) is 31.2 Å². The molecule has 3 rings (SSSR count). The first-order valence-corrected chi connectivity index (χ1v) is 7.15. The van der Waals surface area contributed by atoms with Crippen molar-refractivity contribution in [1.29, 1.82) is 0 Å². The topological polar surface area (TPSA) is 88.1 Å². The number of nitro groups is 1. The van der Waals surface area contributed by atoms with Crippen molar-refractivity contribution in [3.63, 3.8) is 0 Å². The molecule has 1 N–H and O–H groups in total. The molecule has 0 atom stereocenters. The molecule has 0 heterocycles. The van der Waals surface area contributed by atoms with Crippen LogP contribution in [0.15, 0.2) is 46.6 Å². The molecule has 2 aromatic rings. The maximum Gasteiger partial charge on any atom is 0.296 e. The molecule has 2 aromatic carbocycles. The monoisotopic (exact) mass is 297 g/mol. The van der Waals surface area contributed by atoms with Gasteiger partial charge in [0.15, 0.2) is 5.69 Å². The molecule has 1 aliphatic carbocycles. The van der Waals surface area contributed by atoms with E-state index in [1.165, 1.54) is 17.7 Å². The quantitative estimate of drug-likeness (QED) is 0.510. The maximum absolute atomic E-state index is 10.9. The van der Waals surface area contributed by atoms with Crippen LogP contribution in [0.4, 0.5) is 17.1 Å². The van der Waals surface area contributed by atoms with Gasteiger partial charge in [0.2, 0.25) is 0 Å². The lowest BCUT2D eigenvalue weighted by molar-refractivity contribution is -0.384. The van der Waals surface area contributed by atoms with E-state index in [1.807, 2.05) is 6.07 Å². The molecule has 1 aliphatic rings. The number of fused-ring (bicyclic) bond motifs is 1. The maximum atomic E-state index is 10.9. The first-order valence-electron chi connectivity index (χ1n) is 7.15. The Kier molecular flexibility index (Phi) is 3.82. The summed E-state index contributed by atoms with van der Waals surface area (Å²) in [7, 11) is 0. The van der Waals surface area contributed by atoms with Gasteiger partial charge in [-0.05, 0) is 55.0 Å². The van der Waals surface area contributed by atoms with Crippen LogP contribution in [0.5, 0.6) is 5.75 Å². The number of azo groups is 1. The summed E-state index contributed by atoms with van der Waals surface area (Å²) in [6.45, 7) is 0. The number of para-hydroxylation sites is 1. The van der Waals surface area contributed by atoms with Gasteiger partial charge in [0, 0.05) is 6.07 Å². The van der Waals surface area contributed by atoms with Gasteiger partial charge in [0.05, 0.1) is 4.92 Å². The summed E-state index contributed by atoms with van der Waals surface area (Å²) in [6, 6.07) is 9.68. The fourth-order valence-electron chi connectivity index (χ4n) is 2.65. The fraction of sp³-hybridized carbons (Fsp3) is 0.250. The van der Waals surface area contributed by atoms with Crippen molar-refractivity contribution in [3.8, 4) is 5.75 Å². The number of hydrogen-bond acceptors (Lipinski definition) is 5. The zero-order valence-electron chi connectivity index (χ0n) is 11.9. The number of rotatable bonds is 3. The van der Waals surface area contributed by atoms with Gasteiger partial charge >= 0.3 is 0 Å². The third-order valence-corrected chi connectivity index (χ3v) is 3.78. The Hall–Kier alpha value is -2.76. The zero-order valence-corrected chi connectivity index (χ0v) is 11.9. The van der Waals surface area contributed by atoms with E-state index in [-0.39, 0.29) is 17.1 Å². The first-order chi connectivity index (χ1) is 10.6. The van der Waals surface area contributed by atoms with Gasteiger partial charge in [0.25, 0.3) is 5.69 Å². The highest BCUT2D eigenvalue weighted by Crippen LogP contribution is 2.35. The van der Waals surface area contributed by atoms with Gasteiger partial charge in [-0.15, -0.1) is 10.2 Å². The number of nitrogens with zero attached hydrogens (tertiary/aromatic N) is 3. The van der Waals surface area contributed by atoms with Gasteiger partial charge in [-0.3, -0.25) is 10.1 Å². The van der Waals surface area contributed by atoms with Gasteiger partial charge in [-0.1, -0.05) is 12.1 Å². The average molecular weight is 297 g/mol. The molecule has 0 fully saturated rings. The van der Waals surface area contributed by atoms with Crippen molar-refractivity contribution in [3.05, 3.63) is 57.6 Å². The number of phenols is 1. The van der Waals surface area contributed by atoms with Crippen molar-refractivity contribution >= 4 is 17.1 Å². The van der Waals surface area contributed by atoms with Crippen LogP contribution in [0.2, 0.25) is 0 Å². The predicted molar refractivity (Wildman–Crippen MR) is 82.0 cm³/mol. The minimum absolute atomic E-state index is 0.0583. The molecule has 0 radical (unpaired) electrons. The Morgan fingerprint density at radius 3 is 2.36 bits per heavy atom. The van der Waals surface area contributed by atoms with Crippen LogP contribution in [0.1, 0.15) is 24.0 Å². The lowest BCUT2D eigenvalue weighted by atomic mass is 9.91. The molecule has 22 heavy (non-hydrogen) atoms. The molecule has 6 nitrogen and oxygen atoms in total. The molecule has 0 aliphatic heterocycles. The van der Waals surface area contributed by atoms with Crippen molar-refractivity contribution in [2.24, 2.45) is 10.2 Å². The summed E-state index contributed by atoms with van der Waals surface area (Å²) < 4.78 is 0. The molecule has 0 aromatic heterocycles. The number of benzene rings is 2. The zero-order chi connectivity index (χ0) is 15.5. The highest BCUT2D eigenvalue weighted by molar-refractivity contribution is 5.59. The number of aryl methyl sites for hydroxylation is 2. The molecule has 0 saturated heterocycles. The van der Waals surface area contributed by atoms with Crippen LogP contribution in [0, 0.1) is 10.1 Å². The number of hydrogen-bond donors (Lipinski definition) is 1. The van der Waals surface area contributed by atoms with E-state index in [0.29, 0.717) is 5.69 Å². The third-order valence-electron chi connectivity index (χ3n) is 3.78. The Morgan fingerprint density at radius 2 is 1.64 bits per heavy atom. The van der Waals surface area contributed by atoms with Crippen LogP contribution in [-0.2, 0) is 12.8 Å². The lowest BCUT2D eigenvalue weighted by Crippen LogP contribution is -2.01. The second-order valence-electron chi connectivity index (χ2n) is 5.26. The van der Waals surface area contributed by atoms with Crippen LogP contribution < -0.4 is 0 Å². The lowest BCUT2D eigenvalue weighted by Gasteiger charge is -2.16. The van der Waals surface area contributed by atoms with Crippen LogP contribution in [0.25, 0.3) is 0 Å². The molecule has 0 bridgehead atoms. The van der Waals surface area contributed by atoms with Crippen molar-refractivity contribution < 1.29 is 10.0 Å². The molecule has 0 unspecified atom stereocenters. The Balaban J connectivity index is 1.95. The smallest absolute Gasteiger partial charge is 0.296 e. The molecular weight excluding hydrogens is 282 g/mol. The minimum atomic E-state index is -0.499. The Labute approximate surface area is 127 Å². The van der Waals surface area contributed by atoms with E-state index < -0.39 is 4.92 Å². The van der Waals surface area contributed by atoms with Gasteiger partial charge < -0.3 is 5.11 Å². The molecule has 6 heteroatoms. The molecule has 112 valence electrons. The predicted octanol–water partition coefficient (Wildman–Crippen LogP) is 4.59. The summed E-state index contributed by atoms with van der Waals surface area (Å²) >= 11 is 0. The normalized spacial score (nSPS) is 14.0. The molecule has 0 spiro atoms. The third kappa shape index (κ3) is 2.81. The second kappa shape index (κ2) is 5.93. The van der Waals surface area contributed by atoms with Crippen LogP contribution in [0.3, 0.4) is 0 Å². The van der Waals surface area contributed by atoms with Crippen molar-refractivity contribution in [2.45, 2.75) is 25.7 Å². The molecular formula is C16H15N3O3. The van der Waals surface area contributed by atoms with Gasteiger partial charge in [-0.25, -0.2) is 0 Å². The summed E-state index contributed by atoms with van der Waals surface area (Å²) in [4.78, 5) is 10.4. The molecule has 0 saturated carbocycles. The van der Waals surface area contributed by atoms with Gasteiger partial charge in [-0.2, -0.15) is 0 Å². The number of aromatic hydroxyl groups is 1. The fourth-order valence-corrected chi connectivity index (χ4v) is 2.65. The van der Waals surface area contributed by atoms with Crippen molar-refractivity contribution in [1.82, 2.24) is 0 Å². The largest absolute Gasteiger partial charge is 0.506 e. The van der Waals surface area contributed by atoms with E-state index in [2.05, 4.69) is 10.2 Å². The van der Waals surface area contributed by atoms with Crippen LogP contribution in [-0.4, -0.2) is 10.0 Å². The Bertz CT molecular complexity index is 756. The van der Waals surface area contributed by atoms with Crippen molar-refractivity contribution in [2.75, 3.05) is 0 Å². The second-order valence-corrected chi connectivity index (χ2v) is 5.26. The summed E-state index contributed by atoms with van der Waals surface area (Å²) in [5.74, 6) is 0.0583. The first kappa shape index (κ1) is 14.2. The highest BCUT2D eigenvalue weighted by atomic mass is 16.6. The average Bonchev–Trinajstić information content (AvgIpc) is 2.53.